The van der Waals surface area contributed by atoms with E-state index in [1.54, 1.807) is 6.07 Å². The highest BCUT2D eigenvalue weighted by atomic mass is 32.2. The Kier molecular flexibility index (Phi) is 8.99. The predicted octanol–water partition coefficient (Wildman–Crippen LogP) is 3.77. The molecule has 0 saturated heterocycles. The topological polar surface area (TPSA) is 104 Å². The minimum absolute atomic E-state index is 0.00731. The maximum atomic E-state index is 13.8. The van der Waals surface area contributed by atoms with Crippen molar-refractivity contribution < 1.29 is 27.2 Å². The van der Waals surface area contributed by atoms with E-state index in [1.807, 2.05) is 44.2 Å². The minimum atomic E-state index is -4.09. The smallest absolute Gasteiger partial charge is 0.269 e. The second-order valence-corrected chi connectivity index (χ2v) is 12.0. The van der Waals surface area contributed by atoms with Crippen LogP contribution in [0.25, 0.3) is 0 Å². The summed E-state index contributed by atoms with van der Waals surface area (Å²) in [5, 5.41) is 2.91. The van der Waals surface area contributed by atoms with Crippen LogP contribution in [0.2, 0.25) is 0 Å². The Labute approximate surface area is 233 Å². The van der Waals surface area contributed by atoms with Crippen LogP contribution in [-0.4, -0.2) is 54.5 Å². The highest BCUT2D eigenvalue weighted by Gasteiger charge is 2.41. The fraction of sp³-hybridized carbons (Fsp3) is 0.300. The molecule has 3 aromatic rings. The quantitative estimate of drug-likeness (QED) is 0.381. The summed E-state index contributed by atoms with van der Waals surface area (Å²) < 4.78 is 40.3. The lowest BCUT2D eigenvalue weighted by atomic mass is 10.0. The zero-order valence-corrected chi connectivity index (χ0v) is 23.2. The fourth-order valence-corrected chi connectivity index (χ4v) is 6.13. The van der Waals surface area contributed by atoms with Crippen LogP contribution < -0.4 is 5.32 Å². The lowest BCUT2D eigenvalue weighted by Crippen LogP contribution is -2.51. The predicted molar refractivity (Wildman–Crippen MR) is 148 cm³/mol. The zero-order valence-electron chi connectivity index (χ0n) is 22.4. The lowest BCUT2D eigenvalue weighted by Gasteiger charge is -2.32. The third-order valence-corrected chi connectivity index (χ3v) is 8.50. The van der Waals surface area contributed by atoms with Crippen molar-refractivity contribution in [1.29, 1.82) is 0 Å². The van der Waals surface area contributed by atoms with E-state index in [4.69, 9.17) is 0 Å². The van der Waals surface area contributed by atoms with Gasteiger partial charge < -0.3 is 10.2 Å². The summed E-state index contributed by atoms with van der Waals surface area (Å²) in [7, 11) is -4.09. The molecule has 1 atom stereocenters. The Morgan fingerprint density at radius 3 is 2.23 bits per heavy atom. The molecule has 8 nitrogen and oxygen atoms in total. The molecule has 0 fully saturated rings. The first kappa shape index (κ1) is 28.9. The van der Waals surface area contributed by atoms with Crippen molar-refractivity contribution in [2.75, 3.05) is 13.1 Å². The monoisotopic (exact) mass is 565 g/mol. The maximum absolute atomic E-state index is 13.8. The molecule has 0 radical (unpaired) electrons. The molecule has 40 heavy (non-hydrogen) atoms. The molecule has 0 bridgehead atoms. The summed E-state index contributed by atoms with van der Waals surface area (Å²) in [4.78, 5) is 41.4. The Hall–Kier alpha value is -4.05. The van der Waals surface area contributed by atoms with E-state index in [1.165, 1.54) is 47.4 Å². The first-order valence-corrected chi connectivity index (χ1v) is 14.5. The summed E-state index contributed by atoms with van der Waals surface area (Å²) >= 11 is 0. The van der Waals surface area contributed by atoms with Crippen molar-refractivity contribution in [3.05, 3.63) is 101 Å². The van der Waals surface area contributed by atoms with Crippen LogP contribution in [0, 0.1) is 11.7 Å². The number of rotatable bonds is 11. The molecule has 0 aromatic heterocycles. The van der Waals surface area contributed by atoms with Crippen LogP contribution >= 0.6 is 0 Å². The van der Waals surface area contributed by atoms with E-state index in [2.05, 4.69) is 5.32 Å². The van der Waals surface area contributed by atoms with Crippen LogP contribution in [0.1, 0.15) is 41.8 Å². The summed E-state index contributed by atoms with van der Waals surface area (Å²) in [6.45, 7) is 3.94. The van der Waals surface area contributed by atoms with E-state index in [9.17, 15) is 27.2 Å². The summed E-state index contributed by atoms with van der Waals surface area (Å²) in [5.74, 6) is -1.82. The molecule has 4 rings (SSSR count). The molecule has 210 valence electrons. The second kappa shape index (κ2) is 12.4. The van der Waals surface area contributed by atoms with Crippen molar-refractivity contribution in [2.45, 2.75) is 44.2 Å². The SMILES string of the molecule is CC(C)CNC(=O)[C@H](Cc1ccccc1)N(Cc1ccc(F)cc1)C(=O)CCN1C(=O)c2ccccc2S1(=O)=O. The van der Waals surface area contributed by atoms with Crippen LogP contribution in [0.5, 0.6) is 0 Å². The van der Waals surface area contributed by atoms with Crippen LogP contribution in [0.15, 0.2) is 83.8 Å². The number of benzene rings is 3. The van der Waals surface area contributed by atoms with Gasteiger partial charge in [0.2, 0.25) is 11.8 Å². The molecule has 3 aromatic carbocycles. The number of sulfonamides is 1. The van der Waals surface area contributed by atoms with E-state index < -0.39 is 33.7 Å². The van der Waals surface area contributed by atoms with Crippen molar-refractivity contribution >= 4 is 27.7 Å². The highest BCUT2D eigenvalue weighted by Crippen LogP contribution is 2.30. The first-order valence-electron chi connectivity index (χ1n) is 13.1. The Bertz CT molecular complexity index is 1480. The second-order valence-electron chi connectivity index (χ2n) is 10.1. The summed E-state index contributed by atoms with van der Waals surface area (Å²) in [6.07, 6.45) is -0.118. The van der Waals surface area contributed by atoms with Gasteiger partial charge in [0.25, 0.3) is 15.9 Å². The Morgan fingerprint density at radius 2 is 1.57 bits per heavy atom. The highest BCUT2D eigenvalue weighted by molar-refractivity contribution is 7.90. The van der Waals surface area contributed by atoms with E-state index in [0.29, 0.717) is 16.4 Å². The first-order chi connectivity index (χ1) is 19.1. The molecule has 1 N–H and O–H groups in total. The van der Waals surface area contributed by atoms with Crippen LogP contribution in [-0.2, 0) is 32.6 Å². The lowest BCUT2D eigenvalue weighted by molar-refractivity contribution is -0.141. The number of nitrogens with one attached hydrogen (secondary N) is 1. The number of hydrogen-bond acceptors (Lipinski definition) is 5. The minimum Gasteiger partial charge on any atom is -0.354 e. The summed E-state index contributed by atoms with van der Waals surface area (Å²) in [6, 6.07) is 19.8. The molecule has 1 aliphatic rings. The van der Waals surface area contributed by atoms with Gasteiger partial charge in [0.1, 0.15) is 16.8 Å². The van der Waals surface area contributed by atoms with Gasteiger partial charge >= 0.3 is 0 Å². The summed E-state index contributed by atoms with van der Waals surface area (Å²) in [5.41, 5.74) is 1.49. The number of amides is 3. The Morgan fingerprint density at radius 1 is 0.925 bits per heavy atom. The van der Waals surface area contributed by atoms with Gasteiger partial charge in [-0.1, -0.05) is 68.4 Å². The average Bonchev–Trinajstić information content (AvgIpc) is 3.14. The molecular formula is C30H32FN3O5S. The van der Waals surface area contributed by atoms with Crippen molar-refractivity contribution in [3.63, 3.8) is 0 Å². The molecular weight excluding hydrogens is 533 g/mol. The molecule has 0 spiro atoms. The fourth-order valence-electron chi connectivity index (χ4n) is 4.56. The van der Waals surface area contributed by atoms with E-state index in [0.717, 1.165) is 5.56 Å². The number of carbonyl (C=O) groups excluding carboxylic acids is 3. The van der Waals surface area contributed by atoms with Crippen LogP contribution in [0.3, 0.4) is 0 Å². The third kappa shape index (κ3) is 6.56. The van der Waals surface area contributed by atoms with Gasteiger partial charge in [-0.15, -0.1) is 0 Å². The van der Waals surface area contributed by atoms with Gasteiger partial charge in [0, 0.05) is 32.5 Å². The molecule has 1 aliphatic heterocycles. The zero-order chi connectivity index (χ0) is 28.9. The van der Waals surface area contributed by atoms with E-state index >= 15 is 0 Å². The molecule has 0 saturated carbocycles. The van der Waals surface area contributed by atoms with Gasteiger partial charge in [-0.25, -0.2) is 17.1 Å². The average molecular weight is 566 g/mol. The number of halogens is 1. The normalized spacial score (nSPS) is 14.6. The van der Waals surface area contributed by atoms with Gasteiger partial charge in [-0.05, 0) is 41.3 Å². The Balaban J connectivity index is 1.63. The van der Waals surface area contributed by atoms with E-state index in [-0.39, 0.29) is 48.2 Å². The van der Waals surface area contributed by atoms with Crippen molar-refractivity contribution in [3.8, 4) is 0 Å². The molecule has 3 amide bonds. The van der Waals surface area contributed by atoms with Crippen molar-refractivity contribution in [2.24, 2.45) is 5.92 Å². The molecule has 0 unspecified atom stereocenters. The standard InChI is InChI=1S/C30H32FN3O5S/c1-21(2)19-32-29(36)26(18-22-8-4-3-5-9-22)33(20-23-12-14-24(31)15-13-23)28(35)16-17-34-30(37)25-10-6-7-11-27(25)40(34,38)39/h3-15,21,26H,16-20H2,1-2H3,(H,32,36)/t26-/m0/s1. The van der Waals surface area contributed by atoms with Gasteiger partial charge in [-0.2, -0.15) is 0 Å². The largest absolute Gasteiger partial charge is 0.354 e. The molecule has 1 heterocycles. The van der Waals surface area contributed by atoms with Crippen LogP contribution in [0.4, 0.5) is 4.39 Å². The van der Waals surface area contributed by atoms with Gasteiger partial charge in [0.05, 0.1) is 5.56 Å². The molecule has 10 heteroatoms. The third-order valence-electron chi connectivity index (χ3n) is 6.66. The molecule has 0 aliphatic carbocycles. The number of fused-ring (bicyclic) bond motifs is 1. The van der Waals surface area contributed by atoms with Gasteiger partial charge in [0.15, 0.2) is 0 Å². The van der Waals surface area contributed by atoms with Gasteiger partial charge in [-0.3, -0.25) is 14.4 Å². The van der Waals surface area contributed by atoms with Crippen molar-refractivity contribution in [1.82, 2.24) is 14.5 Å². The maximum Gasteiger partial charge on any atom is 0.269 e. The number of nitrogens with zero attached hydrogens (tertiary/aromatic N) is 2. The number of carbonyl (C=O) groups is 3. The number of hydrogen-bond donors (Lipinski definition) is 1.